The molecule has 2 aliphatic rings. The van der Waals surface area contributed by atoms with E-state index in [1.807, 2.05) is 0 Å². The van der Waals surface area contributed by atoms with Gasteiger partial charge in [0.2, 0.25) is 0 Å². The van der Waals surface area contributed by atoms with Crippen molar-refractivity contribution in [3.8, 4) is 0 Å². The largest absolute Gasteiger partial charge is 0.466 e. The normalized spacial score (nSPS) is 25.4. The Kier molecular flexibility index (Phi) is 1.91. The summed E-state index contributed by atoms with van der Waals surface area (Å²) >= 11 is 0. The maximum Gasteiger partial charge on any atom is 0.109 e. The van der Waals surface area contributed by atoms with Crippen LogP contribution in [0.25, 0.3) is 0 Å². The second kappa shape index (κ2) is 3.13. The summed E-state index contributed by atoms with van der Waals surface area (Å²) in [7, 11) is 0. The van der Waals surface area contributed by atoms with E-state index in [-0.39, 0.29) is 0 Å². The molecule has 2 aliphatic carbocycles. The van der Waals surface area contributed by atoms with Crippen LogP contribution in [0, 0.1) is 0 Å². The molecule has 0 spiro atoms. The van der Waals surface area contributed by atoms with Crippen molar-refractivity contribution in [3.05, 3.63) is 23.2 Å². The first kappa shape index (κ1) is 8.54. The monoisotopic (exact) mass is 191 g/mol. The molecule has 0 bridgehead atoms. The average molecular weight is 191 g/mol. The minimum absolute atomic E-state index is 0.585. The van der Waals surface area contributed by atoms with E-state index < -0.39 is 0 Å². The highest BCUT2D eigenvalue weighted by atomic mass is 16.3. The lowest BCUT2D eigenvalue weighted by Crippen LogP contribution is -2.20. The zero-order valence-corrected chi connectivity index (χ0v) is 8.68. The number of rotatable bonds is 3. The van der Waals surface area contributed by atoms with Crippen molar-refractivity contribution in [3.63, 3.8) is 0 Å². The summed E-state index contributed by atoms with van der Waals surface area (Å²) in [6.07, 6.45) is 6.10. The third-order valence-electron chi connectivity index (χ3n) is 3.29. The van der Waals surface area contributed by atoms with Crippen LogP contribution < -0.4 is 5.32 Å². The van der Waals surface area contributed by atoms with Gasteiger partial charge in [-0.15, -0.1) is 0 Å². The maximum absolute atomic E-state index is 5.77. The summed E-state index contributed by atoms with van der Waals surface area (Å²) in [5.74, 6) is 2.39. The standard InChI is InChI=1S/C12H17NO/c1-2-9-7-10-11(13-8-3-4-8)5-6-12(10)14-9/h7-8,11,13H,2-6H2,1H3. The number of hydrogen-bond donors (Lipinski definition) is 1. The van der Waals surface area contributed by atoms with Crippen LogP contribution in [0.4, 0.5) is 0 Å². The highest BCUT2D eigenvalue weighted by Gasteiger charge is 2.31. The zero-order chi connectivity index (χ0) is 9.54. The van der Waals surface area contributed by atoms with Crippen LogP contribution in [-0.2, 0) is 12.8 Å². The average Bonchev–Trinajstić information content (AvgIpc) is 2.77. The van der Waals surface area contributed by atoms with Gasteiger partial charge in [-0.3, -0.25) is 0 Å². The number of hydrogen-bond acceptors (Lipinski definition) is 2. The van der Waals surface area contributed by atoms with E-state index in [9.17, 15) is 0 Å². The second-order valence-electron chi connectivity index (χ2n) is 4.48. The lowest BCUT2D eigenvalue weighted by atomic mass is 10.1. The molecule has 0 aliphatic heterocycles. The fraction of sp³-hybridized carbons (Fsp3) is 0.667. The van der Waals surface area contributed by atoms with Gasteiger partial charge in [-0.2, -0.15) is 0 Å². The van der Waals surface area contributed by atoms with Crippen molar-refractivity contribution in [1.82, 2.24) is 5.32 Å². The van der Waals surface area contributed by atoms with Gasteiger partial charge in [0.1, 0.15) is 11.5 Å². The van der Waals surface area contributed by atoms with E-state index in [1.54, 1.807) is 0 Å². The fourth-order valence-electron chi connectivity index (χ4n) is 2.30. The Morgan fingerprint density at radius 2 is 2.29 bits per heavy atom. The molecule has 1 aromatic heterocycles. The molecular formula is C12H17NO. The predicted octanol–water partition coefficient (Wildman–Crippen LogP) is 2.58. The van der Waals surface area contributed by atoms with E-state index in [1.165, 1.54) is 30.6 Å². The van der Waals surface area contributed by atoms with E-state index in [0.717, 1.165) is 24.6 Å². The van der Waals surface area contributed by atoms with Crippen molar-refractivity contribution < 1.29 is 4.42 Å². The van der Waals surface area contributed by atoms with E-state index in [0.29, 0.717) is 6.04 Å². The Bertz CT molecular complexity index is 338. The second-order valence-corrected chi connectivity index (χ2v) is 4.48. The molecule has 1 N–H and O–H groups in total. The summed E-state index contributed by atoms with van der Waals surface area (Å²) in [5, 5.41) is 3.69. The van der Waals surface area contributed by atoms with Gasteiger partial charge < -0.3 is 9.73 Å². The molecule has 1 unspecified atom stereocenters. The third kappa shape index (κ3) is 1.38. The molecule has 1 aromatic rings. The van der Waals surface area contributed by atoms with E-state index >= 15 is 0 Å². The third-order valence-corrected chi connectivity index (χ3v) is 3.29. The van der Waals surface area contributed by atoms with E-state index in [2.05, 4.69) is 18.3 Å². The van der Waals surface area contributed by atoms with Gasteiger partial charge in [0, 0.05) is 30.5 Å². The molecule has 14 heavy (non-hydrogen) atoms. The first-order valence-corrected chi connectivity index (χ1v) is 5.74. The van der Waals surface area contributed by atoms with Gasteiger partial charge >= 0.3 is 0 Å². The first-order chi connectivity index (χ1) is 6.86. The van der Waals surface area contributed by atoms with Crippen molar-refractivity contribution >= 4 is 0 Å². The van der Waals surface area contributed by atoms with Crippen LogP contribution in [0.5, 0.6) is 0 Å². The highest BCUT2D eigenvalue weighted by Crippen LogP contribution is 2.36. The quantitative estimate of drug-likeness (QED) is 0.794. The van der Waals surface area contributed by atoms with Crippen molar-refractivity contribution in [2.75, 3.05) is 0 Å². The number of nitrogens with one attached hydrogen (secondary N) is 1. The first-order valence-electron chi connectivity index (χ1n) is 5.74. The topological polar surface area (TPSA) is 25.2 Å². The molecule has 2 heteroatoms. The smallest absolute Gasteiger partial charge is 0.109 e. The Balaban J connectivity index is 1.80. The molecule has 1 fully saturated rings. The van der Waals surface area contributed by atoms with Gasteiger partial charge in [0.25, 0.3) is 0 Å². The van der Waals surface area contributed by atoms with Gasteiger partial charge in [0.15, 0.2) is 0 Å². The molecule has 2 nitrogen and oxygen atoms in total. The molecule has 76 valence electrons. The van der Waals surface area contributed by atoms with Crippen molar-refractivity contribution in [2.45, 2.75) is 51.1 Å². The zero-order valence-electron chi connectivity index (χ0n) is 8.68. The van der Waals surface area contributed by atoms with Gasteiger partial charge in [0.05, 0.1) is 0 Å². The summed E-state index contributed by atoms with van der Waals surface area (Å²) in [5.41, 5.74) is 1.44. The summed E-state index contributed by atoms with van der Waals surface area (Å²) < 4.78 is 5.77. The lowest BCUT2D eigenvalue weighted by molar-refractivity contribution is 0.468. The Morgan fingerprint density at radius 1 is 1.43 bits per heavy atom. The SMILES string of the molecule is CCc1cc2c(o1)CCC2NC1CC1. The minimum atomic E-state index is 0.585. The molecule has 1 heterocycles. The number of fused-ring (bicyclic) bond motifs is 1. The lowest BCUT2D eigenvalue weighted by Gasteiger charge is -2.10. The van der Waals surface area contributed by atoms with Crippen molar-refractivity contribution in [1.29, 1.82) is 0 Å². The summed E-state index contributed by atoms with van der Waals surface area (Å²) in [4.78, 5) is 0. The molecule has 0 amide bonds. The highest BCUT2D eigenvalue weighted by molar-refractivity contribution is 5.30. The molecule has 1 saturated carbocycles. The van der Waals surface area contributed by atoms with Crippen LogP contribution in [0.3, 0.4) is 0 Å². The Morgan fingerprint density at radius 3 is 3.00 bits per heavy atom. The molecule has 1 atom stereocenters. The van der Waals surface area contributed by atoms with Gasteiger partial charge in [-0.05, 0) is 25.3 Å². The van der Waals surface area contributed by atoms with E-state index in [4.69, 9.17) is 4.42 Å². The molecule has 0 saturated heterocycles. The fourth-order valence-corrected chi connectivity index (χ4v) is 2.30. The van der Waals surface area contributed by atoms with Crippen LogP contribution in [0.1, 0.15) is 49.3 Å². The molecular weight excluding hydrogens is 174 g/mol. The maximum atomic E-state index is 5.77. The number of aryl methyl sites for hydroxylation is 2. The van der Waals surface area contributed by atoms with Gasteiger partial charge in [-0.25, -0.2) is 0 Å². The van der Waals surface area contributed by atoms with Crippen LogP contribution >= 0.6 is 0 Å². The molecule has 0 aromatic carbocycles. The summed E-state index contributed by atoms with van der Waals surface area (Å²) in [6.45, 7) is 2.15. The van der Waals surface area contributed by atoms with Crippen molar-refractivity contribution in [2.24, 2.45) is 0 Å². The Labute approximate surface area is 84.7 Å². The predicted molar refractivity (Wildman–Crippen MR) is 55.3 cm³/mol. The van der Waals surface area contributed by atoms with Crippen LogP contribution in [0.2, 0.25) is 0 Å². The minimum Gasteiger partial charge on any atom is -0.466 e. The van der Waals surface area contributed by atoms with Crippen LogP contribution in [-0.4, -0.2) is 6.04 Å². The number of furan rings is 1. The Hall–Kier alpha value is -0.760. The van der Waals surface area contributed by atoms with Gasteiger partial charge in [-0.1, -0.05) is 6.92 Å². The summed E-state index contributed by atoms with van der Waals surface area (Å²) in [6, 6.07) is 3.63. The van der Waals surface area contributed by atoms with Crippen LogP contribution in [0.15, 0.2) is 10.5 Å². The molecule has 0 radical (unpaired) electrons. The molecule has 3 rings (SSSR count).